The summed E-state index contributed by atoms with van der Waals surface area (Å²) in [6.45, 7) is 2.35. The maximum absolute atomic E-state index is 11.4. The molecule has 0 aromatic heterocycles. The minimum atomic E-state index is -0.775. The fourth-order valence-electron chi connectivity index (χ4n) is 4.73. The molecule has 1 aliphatic heterocycles. The largest absolute Gasteiger partial charge is 0.493 e. The number of hydrogen-bond donors (Lipinski definition) is 1. The third-order valence-corrected chi connectivity index (χ3v) is 6.37. The Hall–Kier alpha value is -2.73. The molecule has 1 saturated carbocycles. The number of carboxylic acids is 1. The normalized spacial score (nSPS) is 20.0. The van der Waals surface area contributed by atoms with E-state index in [1.807, 2.05) is 24.3 Å². The van der Waals surface area contributed by atoms with Gasteiger partial charge in [0.25, 0.3) is 0 Å². The Morgan fingerprint density at radius 1 is 1.06 bits per heavy atom. The molecular formula is C25H32N2O4. The zero-order valence-electron chi connectivity index (χ0n) is 18.2. The van der Waals surface area contributed by atoms with Crippen LogP contribution in [0.5, 0.6) is 11.5 Å². The topological polar surface area (TPSA) is 62.2 Å². The molecule has 2 aliphatic rings. The Bertz CT molecular complexity index is 867. The molecule has 4 rings (SSSR count). The van der Waals surface area contributed by atoms with Crippen LogP contribution >= 0.6 is 0 Å². The van der Waals surface area contributed by atoms with Gasteiger partial charge in [-0.05, 0) is 49.8 Å². The van der Waals surface area contributed by atoms with E-state index >= 15 is 0 Å². The highest BCUT2D eigenvalue weighted by molar-refractivity contribution is 5.69. The molecule has 2 aromatic rings. The zero-order valence-corrected chi connectivity index (χ0v) is 18.2. The number of benzene rings is 2. The van der Waals surface area contributed by atoms with Gasteiger partial charge >= 0.3 is 5.97 Å². The van der Waals surface area contributed by atoms with Crippen molar-refractivity contribution in [3.63, 3.8) is 0 Å². The molecule has 1 aliphatic carbocycles. The van der Waals surface area contributed by atoms with E-state index in [1.165, 1.54) is 18.4 Å². The number of carboxylic acid groups (broad SMARTS) is 1. The first-order valence-electron chi connectivity index (χ1n) is 11.2. The lowest BCUT2D eigenvalue weighted by Crippen LogP contribution is -2.55. The van der Waals surface area contributed by atoms with Crippen molar-refractivity contribution in [1.82, 2.24) is 4.90 Å². The molecule has 2 aromatic carbocycles. The fourth-order valence-corrected chi connectivity index (χ4v) is 4.73. The third kappa shape index (κ3) is 5.50. The van der Waals surface area contributed by atoms with Crippen molar-refractivity contribution >= 4 is 11.7 Å². The van der Waals surface area contributed by atoms with E-state index in [1.54, 1.807) is 7.11 Å². The van der Waals surface area contributed by atoms with Gasteiger partial charge in [-0.15, -0.1) is 0 Å². The second-order valence-corrected chi connectivity index (χ2v) is 8.51. The maximum atomic E-state index is 11.4. The van der Waals surface area contributed by atoms with E-state index in [2.05, 4.69) is 34.1 Å². The average molecular weight is 425 g/mol. The Morgan fingerprint density at radius 2 is 1.84 bits per heavy atom. The number of aliphatic carboxylic acids is 1. The molecule has 166 valence electrons. The van der Waals surface area contributed by atoms with E-state index in [0.717, 1.165) is 49.5 Å². The van der Waals surface area contributed by atoms with Crippen LogP contribution in [0.3, 0.4) is 0 Å². The zero-order chi connectivity index (χ0) is 21.6. The van der Waals surface area contributed by atoms with Crippen LogP contribution < -0.4 is 14.4 Å². The molecule has 6 heteroatoms. The van der Waals surface area contributed by atoms with Crippen LogP contribution in [0.25, 0.3) is 0 Å². The van der Waals surface area contributed by atoms with Crippen LogP contribution in [0.2, 0.25) is 0 Å². The lowest BCUT2D eigenvalue weighted by Gasteiger charge is -2.42. The van der Waals surface area contributed by atoms with Crippen LogP contribution in [-0.4, -0.2) is 61.4 Å². The number of piperazine rings is 1. The van der Waals surface area contributed by atoms with E-state index in [0.29, 0.717) is 6.54 Å². The quantitative estimate of drug-likeness (QED) is 0.695. The van der Waals surface area contributed by atoms with Gasteiger partial charge < -0.3 is 19.5 Å². The summed E-state index contributed by atoms with van der Waals surface area (Å²) in [5, 5.41) is 9.38. The molecule has 1 heterocycles. The van der Waals surface area contributed by atoms with Crippen molar-refractivity contribution in [2.75, 3.05) is 38.2 Å². The predicted molar refractivity (Wildman–Crippen MR) is 121 cm³/mol. The SMILES string of the molecule is COc1ccc(N2CCN(CC(=O)O)C(Cc3ccccc3)C2)cc1OC1CCCC1. The van der Waals surface area contributed by atoms with Crippen molar-refractivity contribution in [2.45, 2.75) is 44.2 Å². The van der Waals surface area contributed by atoms with Crippen molar-refractivity contribution in [3.8, 4) is 11.5 Å². The molecule has 1 atom stereocenters. The second-order valence-electron chi connectivity index (χ2n) is 8.51. The van der Waals surface area contributed by atoms with Gasteiger partial charge in [0.05, 0.1) is 19.8 Å². The highest BCUT2D eigenvalue weighted by Gasteiger charge is 2.29. The van der Waals surface area contributed by atoms with Crippen molar-refractivity contribution < 1.29 is 19.4 Å². The van der Waals surface area contributed by atoms with Gasteiger partial charge in [0.15, 0.2) is 11.5 Å². The number of methoxy groups -OCH3 is 1. The minimum Gasteiger partial charge on any atom is -0.493 e. The van der Waals surface area contributed by atoms with Crippen LogP contribution in [0, 0.1) is 0 Å². The number of anilines is 1. The van der Waals surface area contributed by atoms with Gasteiger partial charge in [0, 0.05) is 37.4 Å². The van der Waals surface area contributed by atoms with Crippen molar-refractivity contribution in [1.29, 1.82) is 0 Å². The maximum Gasteiger partial charge on any atom is 0.317 e. The van der Waals surface area contributed by atoms with Gasteiger partial charge in [-0.1, -0.05) is 30.3 Å². The first-order chi connectivity index (χ1) is 15.1. The van der Waals surface area contributed by atoms with E-state index in [4.69, 9.17) is 9.47 Å². The molecule has 0 amide bonds. The summed E-state index contributed by atoms with van der Waals surface area (Å²) in [4.78, 5) is 15.8. The molecule has 2 fully saturated rings. The lowest BCUT2D eigenvalue weighted by molar-refractivity contribution is -0.139. The molecule has 0 spiro atoms. The minimum absolute atomic E-state index is 0.0734. The summed E-state index contributed by atoms with van der Waals surface area (Å²) in [5.41, 5.74) is 2.33. The van der Waals surface area contributed by atoms with Crippen molar-refractivity contribution in [2.24, 2.45) is 0 Å². The molecular weight excluding hydrogens is 392 g/mol. The fraction of sp³-hybridized carbons (Fsp3) is 0.480. The van der Waals surface area contributed by atoms with E-state index in [9.17, 15) is 9.90 Å². The molecule has 1 N–H and O–H groups in total. The Morgan fingerprint density at radius 3 is 2.55 bits per heavy atom. The Kier molecular flexibility index (Phi) is 6.97. The molecule has 1 unspecified atom stereocenters. The number of carbonyl (C=O) groups is 1. The smallest absolute Gasteiger partial charge is 0.317 e. The molecule has 1 saturated heterocycles. The van der Waals surface area contributed by atoms with Crippen molar-refractivity contribution in [3.05, 3.63) is 54.1 Å². The Labute approximate surface area is 184 Å². The number of hydrogen-bond acceptors (Lipinski definition) is 5. The summed E-state index contributed by atoms with van der Waals surface area (Å²) in [7, 11) is 1.68. The first-order valence-corrected chi connectivity index (χ1v) is 11.2. The average Bonchev–Trinajstić information content (AvgIpc) is 3.28. The van der Waals surface area contributed by atoms with Gasteiger partial charge in [-0.2, -0.15) is 0 Å². The van der Waals surface area contributed by atoms with Gasteiger partial charge in [0.1, 0.15) is 0 Å². The molecule has 0 bridgehead atoms. The highest BCUT2D eigenvalue weighted by Crippen LogP contribution is 2.35. The van der Waals surface area contributed by atoms with Gasteiger partial charge in [-0.3, -0.25) is 9.69 Å². The monoisotopic (exact) mass is 424 g/mol. The van der Waals surface area contributed by atoms with Gasteiger partial charge in [-0.25, -0.2) is 0 Å². The molecule has 6 nitrogen and oxygen atoms in total. The highest BCUT2D eigenvalue weighted by atomic mass is 16.5. The first kappa shape index (κ1) is 21.5. The summed E-state index contributed by atoms with van der Waals surface area (Å²) in [6.07, 6.45) is 5.73. The van der Waals surface area contributed by atoms with E-state index in [-0.39, 0.29) is 18.7 Å². The number of rotatable bonds is 8. The standard InChI is InChI=1S/C25H32N2O4/c1-30-23-12-11-20(16-24(23)31-22-9-5-6-10-22)26-13-14-27(18-25(28)29)21(17-26)15-19-7-3-2-4-8-19/h2-4,7-8,11-12,16,21-22H,5-6,9-10,13-15,17-18H2,1H3,(H,28,29). The number of ether oxygens (including phenoxy) is 2. The lowest BCUT2D eigenvalue weighted by atomic mass is 10.0. The predicted octanol–water partition coefficient (Wildman–Crippen LogP) is 3.83. The third-order valence-electron chi connectivity index (χ3n) is 6.37. The summed E-state index contributed by atoms with van der Waals surface area (Å²) < 4.78 is 11.8. The summed E-state index contributed by atoms with van der Waals surface area (Å²) in [6, 6.07) is 16.6. The van der Waals surface area contributed by atoms with Crippen LogP contribution in [-0.2, 0) is 11.2 Å². The summed E-state index contributed by atoms with van der Waals surface area (Å²) in [5.74, 6) is 0.795. The van der Waals surface area contributed by atoms with Gasteiger partial charge in [0.2, 0.25) is 0 Å². The molecule has 31 heavy (non-hydrogen) atoms. The van der Waals surface area contributed by atoms with Crippen LogP contribution in [0.15, 0.2) is 48.5 Å². The second kappa shape index (κ2) is 10.1. The van der Waals surface area contributed by atoms with Crippen LogP contribution in [0.1, 0.15) is 31.2 Å². The summed E-state index contributed by atoms with van der Waals surface area (Å²) >= 11 is 0. The molecule has 0 radical (unpaired) electrons. The van der Waals surface area contributed by atoms with Crippen LogP contribution in [0.4, 0.5) is 5.69 Å². The Balaban J connectivity index is 1.52. The van der Waals surface area contributed by atoms with E-state index < -0.39 is 5.97 Å². The number of nitrogens with zero attached hydrogens (tertiary/aromatic N) is 2.